The van der Waals surface area contributed by atoms with Crippen molar-refractivity contribution in [3.05, 3.63) is 23.7 Å². The fourth-order valence-corrected chi connectivity index (χ4v) is 1.64. The van der Waals surface area contributed by atoms with Crippen molar-refractivity contribution in [3.8, 4) is 0 Å². The predicted octanol–water partition coefficient (Wildman–Crippen LogP) is 1.53. The van der Waals surface area contributed by atoms with Gasteiger partial charge < -0.3 is 10.1 Å². The van der Waals surface area contributed by atoms with E-state index >= 15 is 0 Å². The number of hydrogen-bond donors (Lipinski definition) is 2. The van der Waals surface area contributed by atoms with Crippen LogP contribution in [0.15, 0.2) is 12.4 Å². The lowest BCUT2D eigenvalue weighted by Crippen LogP contribution is -1.97. The Bertz CT molecular complexity index is 543. The third kappa shape index (κ3) is 1.27. The van der Waals surface area contributed by atoms with Gasteiger partial charge in [-0.15, -0.1) is 0 Å². The lowest BCUT2D eigenvalue weighted by Gasteiger charge is -1.96. The number of aromatic nitrogens is 3. The lowest BCUT2D eigenvalue weighted by molar-refractivity contribution is 0.0699. The maximum Gasteiger partial charge on any atom is 0.339 e. The minimum absolute atomic E-state index is 0.194. The van der Waals surface area contributed by atoms with Gasteiger partial charge in [0, 0.05) is 12.1 Å². The molecule has 5 heteroatoms. The van der Waals surface area contributed by atoms with Gasteiger partial charge in [-0.1, -0.05) is 0 Å². The van der Waals surface area contributed by atoms with E-state index in [9.17, 15) is 4.79 Å². The van der Waals surface area contributed by atoms with Gasteiger partial charge in [-0.25, -0.2) is 14.8 Å². The summed E-state index contributed by atoms with van der Waals surface area (Å²) in [6, 6.07) is 0. The van der Waals surface area contributed by atoms with Crippen LogP contribution in [0, 0.1) is 0 Å². The molecule has 1 fully saturated rings. The second-order valence-corrected chi connectivity index (χ2v) is 3.77. The Hall–Kier alpha value is -1.91. The van der Waals surface area contributed by atoms with Gasteiger partial charge in [0.2, 0.25) is 0 Å². The van der Waals surface area contributed by atoms with Crippen molar-refractivity contribution in [2.24, 2.45) is 0 Å². The van der Waals surface area contributed by atoms with Crippen LogP contribution >= 0.6 is 0 Å². The molecule has 0 atom stereocenters. The highest BCUT2D eigenvalue weighted by Gasteiger charge is 2.26. The van der Waals surface area contributed by atoms with Gasteiger partial charge in [0.05, 0.1) is 11.9 Å². The molecular weight excluding hydrogens is 194 g/mol. The van der Waals surface area contributed by atoms with Crippen molar-refractivity contribution in [3.63, 3.8) is 0 Å². The van der Waals surface area contributed by atoms with Crippen LogP contribution < -0.4 is 0 Å². The summed E-state index contributed by atoms with van der Waals surface area (Å²) in [5.74, 6) is -0.484. The number of rotatable bonds is 2. The zero-order valence-electron chi connectivity index (χ0n) is 7.90. The van der Waals surface area contributed by atoms with Crippen LogP contribution in [-0.2, 0) is 0 Å². The molecule has 0 bridgehead atoms. The molecule has 0 aliphatic heterocycles. The molecule has 1 aliphatic rings. The van der Waals surface area contributed by atoms with E-state index < -0.39 is 5.97 Å². The Morgan fingerprint density at radius 1 is 1.53 bits per heavy atom. The van der Waals surface area contributed by atoms with Crippen molar-refractivity contribution in [2.45, 2.75) is 18.8 Å². The largest absolute Gasteiger partial charge is 0.478 e. The Kier molecular flexibility index (Phi) is 1.56. The SMILES string of the molecule is O=C(O)c1c[nH]c2ncc(C3CC3)nc12. The summed E-state index contributed by atoms with van der Waals surface area (Å²) in [6.45, 7) is 0. The molecule has 0 amide bonds. The Labute approximate surface area is 85.2 Å². The average molecular weight is 203 g/mol. The highest BCUT2D eigenvalue weighted by molar-refractivity contribution is 6.00. The number of carboxylic acids is 1. The molecule has 2 heterocycles. The van der Waals surface area contributed by atoms with E-state index in [-0.39, 0.29) is 5.56 Å². The Morgan fingerprint density at radius 2 is 2.33 bits per heavy atom. The number of H-pyrrole nitrogens is 1. The highest BCUT2D eigenvalue weighted by atomic mass is 16.4. The summed E-state index contributed by atoms with van der Waals surface area (Å²) in [5, 5.41) is 8.93. The molecule has 2 N–H and O–H groups in total. The lowest BCUT2D eigenvalue weighted by atomic mass is 10.2. The second kappa shape index (κ2) is 2.79. The first-order valence-corrected chi connectivity index (χ1v) is 4.83. The molecule has 5 nitrogen and oxygen atoms in total. The number of carboxylic acid groups (broad SMARTS) is 1. The number of aromatic carboxylic acids is 1. The molecule has 0 saturated heterocycles. The van der Waals surface area contributed by atoms with E-state index in [2.05, 4.69) is 15.0 Å². The zero-order valence-corrected chi connectivity index (χ0v) is 7.90. The average Bonchev–Trinajstić information content (AvgIpc) is 2.97. The number of aromatic amines is 1. The molecule has 2 aromatic heterocycles. The molecule has 2 aromatic rings. The molecule has 0 spiro atoms. The summed E-state index contributed by atoms with van der Waals surface area (Å²) in [5.41, 5.74) is 2.10. The van der Waals surface area contributed by atoms with Gasteiger partial charge >= 0.3 is 5.97 Å². The predicted molar refractivity (Wildman–Crippen MR) is 52.8 cm³/mol. The topological polar surface area (TPSA) is 78.9 Å². The molecule has 3 rings (SSSR count). The first-order chi connectivity index (χ1) is 7.25. The van der Waals surface area contributed by atoms with Gasteiger partial charge in [0.15, 0.2) is 5.65 Å². The van der Waals surface area contributed by atoms with E-state index in [0.29, 0.717) is 17.1 Å². The van der Waals surface area contributed by atoms with Crippen LogP contribution in [0.2, 0.25) is 0 Å². The normalized spacial score (nSPS) is 15.7. The van der Waals surface area contributed by atoms with Crippen molar-refractivity contribution in [1.82, 2.24) is 15.0 Å². The zero-order chi connectivity index (χ0) is 10.4. The minimum atomic E-state index is -0.969. The smallest absolute Gasteiger partial charge is 0.339 e. The van der Waals surface area contributed by atoms with Crippen molar-refractivity contribution in [1.29, 1.82) is 0 Å². The third-order valence-electron chi connectivity index (χ3n) is 2.63. The summed E-state index contributed by atoms with van der Waals surface area (Å²) >= 11 is 0. The monoisotopic (exact) mass is 203 g/mol. The number of hydrogen-bond acceptors (Lipinski definition) is 3. The van der Waals surface area contributed by atoms with Gasteiger partial charge in [-0.2, -0.15) is 0 Å². The summed E-state index contributed by atoms with van der Waals surface area (Å²) < 4.78 is 0. The van der Waals surface area contributed by atoms with Gasteiger partial charge in [-0.3, -0.25) is 0 Å². The quantitative estimate of drug-likeness (QED) is 0.775. The second-order valence-electron chi connectivity index (χ2n) is 3.77. The van der Waals surface area contributed by atoms with Crippen LogP contribution in [-0.4, -0.2) is 26.0 Å². The highest BCUT2D eigenvalue weighted by Crippen LogP contribution is 2.39. The molecular formula is C10H9N3O2. The maximum atomic E-state index is 10.9. The summed E-state index contributed by atoms with van der Waals surface area (Å²) in [4.78, 5) is 22.2. The van der Waals surface area contributed by atoms with E-state index in [0.717, 1.165) is 18.5 Å². The minimum Gasteiger partial charge on any atom is -0.478 e. The van der Waals surface area contributed by atoms with Crippen LogP contribution in [0.4, 0.5) is 0 Å². The molecule has 1 aliphatic carbocycles. The fraction of sp³-hybridized carbons (Fsp3) is 0.300. The van der Waals surface area contributed by atoms with E-state index in [1.807, 2.05) is 0 Å². The number of nitrogens with zero attached hydrogens (tertiary/aromatic N) is 2. The summed E-state index contributed by atoms with van der Waals surface area (Å²) in [7, 11) is 0. The maximum absolute atomic E-state index is 10.9. The molecule has 0 unspecified atom stereocenters. The number of carbonyl (C=O) groups is 1. The Morgan fingerprint density at radius 3 is 3.00 bits per heavy atom. The molecule has 1 saturated carbocycles. The molecule has 0 radical (unpaired) electrons. The van der Waals surface area contributed by atoms with Crippen molar-refractivity contribution < 1.29 is 9.90 Å². The molecule has 15 heavy (non-hydrogen) atoms. The van der Waals surface area contributed by atoms with Gasteiger partial charge in [0.1, 0.15) is 11.1 Å². The van der Waals surface area contributed by atoms with Crippen LogP contribution in [0.25, 0.3) is 11.2 Å². The van der Waals surface area contributed by atoms with Gasteiger partial charge in [0.25, 0.3) is 0 Å². The fourth-order valence-electron chi connectivity index (χ4n) is 1.64. The molecule has 0 aromatic carbocycles. The third-order valence-corrected chi connectivity index (χ3v) is 2.63. The van der Waals surface area contributed by atoms with E-state index in [1.165, 1.54) is 6.20 Å². The molecule has 76 valence electrons. The standard InChI is InChI=1S/C10H9N3O2/c14-10(15)6-3-11-9-8(6)13-7(4-12-9)5-1-2-5/h3-5H,1-2H2,(H,11,12)(H,14,15). The van der Waals surface area contributed by atoms with Crippen LogP contribution in [0.5, 0.6) is 0 Å². The number of fused-ring (bicyclic) bond motifs is 1. The summed E-state index contributed by atoms with van der Waals surface area (Å²) in [6.07, 6.45) is 5.42. The van der Waals surface area contributed by atoms with Crippen molar-refractivity contribution in [2.75, 3.05) is 0 Å². The first-order valence-electron chi connectivity index (χ1n) is 4.83. The van der Waals surface area contributed by atoms with Crippen LogP contribution in [0.3, 0.4) is 0 Å². The van der Waals surface area contributed by atoms with E-state index in [1.54, 1.807) is 6.20 Å². The van der Waals surface area contributed by atoms with E-state index in [4.69, 9.17) is 5.11 Å². The van der Waals surface area contributed by atoms with Crippen LogP contribution in [0.1, 0.15) is 34.8 Å². The first kappa shape index (κ1) is 8.40. The van der Waals surface area contributed by atoms with Gasteiger partial charge in [-0.05, 0) is 12.8 Å². The van der Waals surface area contributed by atoms with Crippen molar-refractivity contribution >= 4 is 17.1 Å². The number of nitrogens with one attached hydrogen (secondary N) is 1. The Balaban J connectivity index is 2.21.